The van der Waals surface area contributed by atoms with Crippen LogP contribution in [0.4, 0.5) is 0 Å². The number of ether oxygens (including phenoxy) is 1. The number of fused-ring (bicyclic) bond motifs is 1. The third-order valence-corrected chi connectivity index (χ3v) is 3.16. The Morgan fingerprint density at radius 1 is 1.32 bits per heavy atom. The van der Waals surface area contributed by atoms with Crippen LogP contribution in [0.15, 0.2) is 46.9 Å². The number of hydrogen-bond donors (Lipinski definition) is 1. The van der Waals surface area contributed by atoms with Crippen LogP contribution in [0.1, 0.15) is 11.5 Å². The number of benzene rings is 2. The highest BCUT2D eigenvalue weighted by molar-refractivity contribution is 5.89. The highest BCUT2D eigenvalue weighted by Crippen LogP contribution is 2.28. The summed E-state index contributed by atoms with van der Waals surface area (Å²) in [6, 6.07) is 14.2. The molecule has 1 heterocycles. The van der Waals surface area contributed by atoms with Gasteiger partial charge in [0.2, 0.25) is 5.89 Å². The van der Waals surface area contributed by atoms with Gasteiger partial charge in [-0.1, -0.05) is 18.2 Å². The van der Waals surface area contributed by atoms with Gasteiger partial charge in [0.05, 0.1) is 7.11 Å². The van der Waals surface area contributed by atoms with E-state index in [4.69, 9.17) is 9.15 Å². The molecule has 5 nitrogen and oxygen atoms in total. The average Bonchev–Trinajstić information content (AvgIpc) is 2.97. The molecule has 1 N–H and O–H groups in total. The van der Waals surface area contributed by atoms with Crippen molar-refractivity contribution in [3.8, 4) is 17.6 Å². The number of phenols is 1. The summed E-state index contributed by atoms with van der Waals surface area (Å²) in [7, 11) is 1.47. The Bertz CT molecular complexity index is 871. The summed E-state index contributed by atoms with van der Waals surface area (Å²) in [5.74, 6) is 0.638. The molecule has 0 bridgehead atoms. The SMILES string of the molecule is COc1cc(/C=C(\C#N)c2nc3ccccc3o2)ccc1O. The first-order valence-electron chi connectivity index (χ1n) is 6.56. The van der Waals surface area contributed by atoms with E-state index in [1.807, 2.05) is 18.2 Å². The number of hydrogen-bond acceptors (Lipinski definition) is 5. The molecule has 0 saturated carbocycles. The molecule has 0 unspecified atom stereocenters. The summed E-state index contributed by atoms with van der Waals surface area (Å²) < 4.78 is 10.6. The molecule has 3 aromatic rings. The molecular weight excluding hydrogens is 280 g/mol. The van der Waals surface area contributed by atoms with Crippen molar-refractivity contribution in [2.45, 2.75) is 0 Å². The van der Waals surface area contributed by atoms with Gasteiger partial charge in [-0.3, -0.25) is 0 Å². The van der Waals surface area contributed by atoms with E-state index in [1.165, 1.54) is 13.2 Å². The second-order valence-electron chi connectivity index (χ2n) is 4.59. The normalized spacial score (nSPS) is 11.4. The van der Waals surface area contributed by atoms with E-state index in [0.717, 1.165) is 0 Å². The van der Waals surface area contributed by atoms with Crippen molar-refractivity contribution >= 4 is 22.7 Å². The predicted molar refractivity (Wildman–Crippen MR) is 82.2 cm³/mol. The van der Waals surface area contributed by atoms with E-state index in [-0.39, 0.29) is 11.6 Å². The topological polar surface area (TPSA) is 79.3 Å². The van der Waals surface area contributed by atoms with Crippen LogP contribution in [-0.4, -0.2) is 17.2 Å². The molecule has 0 fully saturated rings. The molecule has 22 heavy (non-hydrogen) atoms. The van der Waals surface area contributed by atoms with Gasteiger partial charge in [-0.05, 0) is 35.9 Å². The summed E-state index contributed by atoms with van der Waals surface area (Å²) in [6.07, 6.45) is 1.63. The Morgan fingerprint density at radius 3 is 2.86 bits per heavy atom. The lowest BCUT2D eigenvalue weighted by Gasteiger charge is -2.03. The fourth-order valence-corrected chi connectivity index (χ4v) is 2.08. The van der Waals surface area contributed by atoms with Crippen LogP contribution in [0, 0.1) is 11.3 Å². The van der Waals surface area contributed by atoms with Crippen LogP contribution >= 0.6 is 0 Å². The van der Waals surface area contributed by atoms with Gasteiger partial charge in [0, 0.05) is 0 Å². The molecule has 0 amide bonds. The number of methoxy groups -OCH3 is 1. The second-order valence-corrected chi connectivity index (χ2v) is 4.59. The Labute approximate surface area is 126 Å². The summed E-state index contributed by atoms with van der Waals surface area (Å²) in [5.41, 5.74) is 2.32. The van der Waals surface area contributed by atoms with Gasteiger partial charge in [-0.25, -0.2) is 4.98 Å². The summed E-state index contributed by atoms with van der Waals surface area (Å²) in [6.45, 7) is 0. The summed E-state index contributed by atoms with van der Waals surface area (Å²) in [5, 5.41) is 18.9. The maximum Gasteiger partial charge on any atom is 0.238 e. The fraction of sp³-hybridized carbons (Fsp3) is 0.0588. The van der Waals surface area contributed by atoms with E-state index in [0.29, 0.717) is 28.0 Å². The predicted octanol–water partition coefficient (Wildman–Crippen LogP) is 3.61. The van der Waals surface area contributed by atoms with Gasteiger partial charge in [-0.15, -0.1) is 0 Å². The molecule has 0 spiro atoms. The van der Waals surface area contributed by atoms with E-state index in [1.54, 1.807) is 24.3 Å². The number of para-hydroxylation sites is 2. The lowest BCUT2D eigenvalue weighted by Crippen LogP contribution is -1.86. The minimum atomic E-state index is 0.0417. The van der Waals surface area contributed by atoms with Gasteiger partial charge >= 0.3 is 0 Å². The van der Waals surface area contributed by atoms with Gasteiger partial charge in [0.25, 0.3) is 0 Å². The molecule has 0 aliphatic carbocycles. The number of rotatable bonds is 3. The average molecular weight is 292 g/mol. The van der Waals surface area contributed by atoms with E-state index in [2.05, 4.69) is 11.1 Å². The van der Waals surface area contributed by atoms with Crippen molar-refractivity contribution < 1.29 is 14.3 Å². The molecule has 0 aliphatic rings. The minimum Gasteiger partial charge on any atom is -0.504 e. The zero-order valence-electron chi connectivity index (χ0n) is 11.8. The molecule has 2 aromatic carbocycles. The van der Waals surface area contributed by atoms with Crippen molar-refractivity contribution in [2.24, 2.45) is 0 Å². The van der Waals surface area contributed by atoms with Crippen LogP contribution < -0.4 is 4.74 Å². The van der Waals surface area contributed by atoms with E-state index >= 15 is 0 Å². The van der Waals surface area contributed by atoms with E-state index < -0.39 is 0 Å². The third kappa shape index (κ3) is 2.50. The highest BCUT2D eigenvalue weighted by atomic mass is 16.5. The standard InChI is InChI=1S/C17H12N2O3/c1-21-16-9-11(6-7-14(16)20)8-12(10-18)17-19-13-4-2-3-5-15(13)22-17/h2-9,20H,1H3/b12-8+. The maximum absolute atomic E-state index is 9.60. The van der Waals surface area contributed by atoms with Crippen molar-refractivity contribution in [1.82, 2.24) is 4.98 Å². The van der Waals surface area contributed by atoms with Crippen molar-refractivity contribution in [1.29, 1.82) is 5.26 Å². The van der Waals surface area contributed by atoms with Crippen LogP contribution in [0.25, 0.3) is 22.7 Å². The van der Waals surface area contributed by atoms with Gasteiger partial charge in [-0.2, -0.15) is 5.26 Å². The molecule has 0 atom stereocenters. The fourth-order valence-electron chi connectivity index (χ4n) is 2.08. The molecule has 0 saturated heterocycles. The Balaban J connectivity index is 2.05. The Morgan fingerprint density at radius 2 is 2.14 bits per heavy atom. The molecule has 0 radical (unpaired) electrons. The zero-order chi connectivity index (χ0) is 15.5. The maximum atomic E-state index is 9.60. The van der Waals surface area contributed by atoms with Gasteiger partial charge < -0.3 is 14.3 Å². The van der Waals surface area contributed by atoms with Gasteiger partial charge in [0.1, 0.15) is 17.2 Å². The third-order valence-electron chi connectivity index (χ3n) is 3.16. The van der Waals surface area contributed by atoms with Crippen LogP contribution in [-0.2, 0) is 0 Å². The van der Waals surface area contributed by atoms with Crippen LogP contribution in [0.3, 0.4) is 0 Å². The Hall–Kier alpha value is -3.26. The minimum absolute atomic E-state index is 0.0417. The van der Waals surface area contributed by atoms with Crippen LogP contribution in [0.5, 0.6) is 11.5 Å². The van der Waals surface area contributed by atoms with Crippen molar-refractivity contribution in [3.05, 3.63) is 53.9 Å². The smallest absolute Gasteiger partial charge is 0.238 e. The first kappa shape index (κ1) is 13.7. The van der Waals surface area contributed by atoms with Crippen molar-refractivity contribution in [2.75, 3.05) is 7.11 Å². The first-order chi connectivity index (χ1) is 10.7. The molecular formula is C17H12N2O3. The molecule has 3 rings (SSSR count). The number of oxazole rings is 1. The van der Waals surface area contributed by atoms with Crippen molar-refractivity contribution in [3.63, 3.8) is 0 Å². The number of allylic oxidation sites excluding steroid dienone is 1. The van der Waals surface area contributed by atoms with Crippen LogP contribution in [0.2, 0.25) is 0 Å². The quantitative estimate of drug-likeness (QED) is 0.746. The molecule has 1 aromatic heterocycles. The monoisotopic (exact) mass is 292 g/mol. The number of phenolic OH excluding ortho intramolecular Hbond substituents is 1. The molecule has 0 aliphatic heterocycles. The zero-order valence-corrected chi connectivity index (χ0v) is 11.8. The number of aromatic hydroxyl groups is 1. The number of nitrogens with zero attached hydrogens (tertiary/aromatic N) is 2. The van der Waals surface area contributed by atoms with E-state index in [9.17, 15) is 10.4 Å². The summed E-state index contributed by atoms with van der Waals surface area (Å²) >= 11 is 0. The molecule has 108 valence electrons. The summed E-state index contributed by atoms with van der Waals surface area (Å²) in [4.78, 5) is 4.30. The number of aromatic nitrogens is 1. The lowest BCUT2D eigenvalue weighted by molar-refractivity contribution is 0.373. The van der Waals surface area contributed by atoms with Gasteiger partial charge in [0.15, 0.2) is 17.1 Å². The lowest BCUT2D eigenvalue weighted by atomic mass is 10.1. The second kappa shape index (κ2) is 5.62. The highest BCUT2D eigenvalue weighted by Gasteiger charge is 2.11. The first-order valence-corrected chi connectivity index (χ1v) is 6.56. The number of nitriles is 1. The molecule has 5 heteroatoms. The largest absolute Gasteiger partial charge is 0.504 e. The Kier molecular flexibility index (Phi) is 3.50.